The van der Waals surface area contributed by atoms with Crippen LogP contribution < -0.4 is 16.2 Å². The molecule has 1 aromatic carbocycles. The molecule has 3 amide bonds. The van der Waals surface area contributed by atoms with Crippen LogP contribution in [0.5, 0.6) is 0 Å². The number of anilines is 1. The predicted octanol–water partition coefficient (Wildman–Crippen LogP) is 2.17. The summed E-state index contributed by atoms with van der Waals surface area (Å²) in [5, 5.41) is 2.58. The molecule has 0 aliphatic heterocycles. The summed E-state index contributed by atoms with van der Waals surface area (Å²) in [5.41, 5.74) is 5.37. The molecule has 7 nitrogen and oxygen atoms in total. The number of aryl methyl sites for hydroxylation is 2. The fourth-order valence-electron chi connectivity index (χ4n) is 2.05. The quantitative estimate of drug-likeness (QED) is 0.668. The molecule has 2 aromatic rings. The summed E-state index contributed by atoms with van der Waals surface area (Å²) < 4.78 is 18.0. The molecule has 0 aliphatic rings. The van der Waals surface area contributed by atoms with Crippen molar-refractivity contribution in [2.75, 3.05) is 16.8 Å². The van der Waals surface area contributed by atoms with Crippen molar-refractivity contribution in [3.63, 3.8) is 0 Å². The molecule has 0 radical (unpaired) electrons. The predicted molar refractivity (Wildman–Crippen MR) is 96.1 cm³/mol. The van der Waals surface area contributed by atoms with Gasteiger partial charge in [0.1, 0.15) is 17.3 Å². The molecule has 2 rings (SSSR count). The minimum atomic E-state index is -0.480. The second-order valence-corrected chi connectivity index (χ2v) is 6.36. The molecule has 9 heteroatoms. The zero-order valence-corrected chi connectivity index (χ0v) is 15.0. The molecule has 3 N–H and O–H groups in total. The molecular formula is C17H18FN3O4S. The first-order valence-electron chi connectivity index (χ1n) is 7.64. The Morgan fingerprint density at radius 1 is 1.04 bits per heavy atom. The highest BCUT2D eigenvalue weighted by atomic mass is 32.2. The largest absolute Gasteiger partial charge is 0.466 e. The fourth-order valence-corrected chi connectivity index (χ4v) is 2.67. The molecule has 138 valence electrons. The van der Waals surface area contributed by atoms with Gasteiger partial charge in [-0.25, -0.2) is 4.39 Å². The van der Waals surface area contributed by atoms with E-state index in [1.807, 2.05) is 0 Å². The number of thioether (sulfide) groups is 1. The van der Waals surface area contributed by atoms with Crippen molar-refractivity contribution < 1.29 is 23.2 Å². The van der Waals surface area contributed by atoms with Crippen LogP contribution in [0.4, 0.5) is 10.1 Å². The van der Waals surface area contributed by atoms with Crippen LogP contribution in [0.2, 0.25) is 0 Å². The second-order valence-electron chi connectivity index (χ2n) is 5.38. The van der Waals surface area contributed by atoms with E-state index in [9.17, 15) is 18.8 Å². The summed E-state index contributed by atoms with van der Waals surface area (Å²) in [6, 6.07) is 6.94. The zero-order chi connectivity index (χ0) is 19.1. The number of nitrogens with one attached hydrogen (secondary N) is 3. The summed E-state index contributed by atoms with van der Waals surface area (Å²) >= 11 is 1.08. The van der Waals surface area contributed by atoms with Crippen molar-refractivity contribution in [3.05, 3.63) is 53.2 Å². The van der Waals surface area contributed by atoms with E-state index in [1.54, 1.807) is 19.9 Å². The number of amides is 3. The van der Waals surface area contributed by atoms with Gasteiger partial charge in [0.25, 0.3) is 5.91 Å². The van der Waals surface area contributed by atoms with Crippen molar-refractivity contribution in [2.24, 2.45) is 0 Å². The number of furan rings is 1. The molecule has 0 spiro atoms. The van der Waals surface area contributed by atoms with E-state index in [0.717, 1.165) is 11.8 Å². The van der Waals surface area contributed by atoms with E-state index in [0.29, 0.717) is 22.8 Å². The van der Waals surface area contributed by atoms with Gasteiger partial charge >= 0.3 is 0 Å². The third-order valence-electron chi connectivity index (χ3n) is 3.20. The lowest BCUT2D eigenvalue weighted by atomic mass is 10.2. The van der Waals surface area contributed by atoms with Crippen LogP contribution in [0.15, 0.2) is 34.7 Å². The van der Waals surface area contributed by atoms with Gasteiger partial charge in [-0.05, 0) is 44.2 Å². The Hall–Kier alpha value is -2.81. The van der Waals surface area contributed by atoms with Crippen molar-refractivity contribution in [1.82, 2.24) is 10.9 Å². The maximum atomic E-state index is 12.8. The minimum absolute atomic E-state index is 0.0134. The maximum absolute atomic E-state index is 12.8. The number of halogens is 1. The average Bonchev–Trinajstić information content (AvgIpc) is 2.93. The Morgan fingerprint density at radius 3 is 2.31 bits per heavy atom. The molecule has 0 saturated carbocycles. The number of hydrazine groups is 1. The third-order valence-corrected chi connectivity index (χ3v) is 4.13. The van der Waals surface area contributed by atoms with E-state index in [4.69, 9.17) is 4.42 Å². The van der Waals surface area contributed by atoms with E-state index in [2.05, 4.69) is 16.2 Å². The molecule has 26 heavy (non-hydrogen) atoms. The Bertz CT molecular complexity index is 805. The van der Waals surface area contributed by atoms with E-state index in [1.165, 1.54) is 24.3 Å². The van der Waals surface area contributed by atoms with Crippen molar-refractivity contribution >= 4 is 35.2 Å². The Balaban J connectivity index is 1.67. The normalized spacial score (nSPS) is 10.3. The van der Waals surface area contributed by atoms with Crippen LogP contribution >= 0.6 is 11.8 Å². The van der Waals surface area contributed by atoms with Gasteiger partial charge in [0, 0.05) is 5.69 Å². The van der Waals surface area contributed by atoms with Gasteiger partial charge in [0.05, 0.1) is 17.1 Å². The van der Waals surface area contributed by atoms with Crippen LogP contribution in [0, 0.1) is 19.7 Å². The molecule has 0 atom stereocenters. The third kappa shape index (κ3) is 5.92. The first-order valence-corrected chi connectivity index (χ1v) is 8.80. The summed E-state index contributed by atoms with van der Waals surface area (Å²) in [6.07, 6.45) is 0. The lowest BCUT2D eigenvalue weighted by Crippen LogP contribution is -2.42. The Kier molecular flexibility index (Phi) is 6.79. The van der Waals surface area contributed by atoms with Gasteiger partial charge in [0.15, 0.2) is 0 Å². The zero-order valence-electron chi connectivity index (χ0n) is 14.2. The molecule has 0 unspecified atom stereocenters. The lowest BCUT2D eigenvalue weighted by molar-refractivity contribution is -0.119. The highest BCUT2D eigenvalue weighted by Gasteiger charge is 2.14. The minimum Gasteiger partial charge on any atom is -0.466 e. The van der Waals surface area contributed by atoms with Crippen LogP contribution in [-0.2, 0) is 9.59 Å². The standard InChI is InChI=1S/C17H18FN3O4S/c1-10-7-14(11(2)25-10)17(24)21-20-16(23)9-26-8-15(22)19-13-5-3-12(18)4-6-13/h3-7H,8-9H2,1-2H3,(H,19,22)(H,20,23)(H,21,24). The van der Waals surface area contributed by atoms with Gasteiger partial charge < -0.3 is 9.73 Å². The highest BCUT2D eigenvalue weighted by Crippen LogP contribution is 2.13. The number of rotatable bonds is 6. The maximum Gasteiger partial charge on any atom is 0.273 e. The number of hydrogen-bond acceptors (Lipinski definition) is 5. The van der Waals surface area contributed by atoms with Crippen LogP contribution in [0.1, 0.15) is 21.9 Å². The monoisotopic (exact) mass is 379 g/mol. The van der Waals surface area contributed by atoms with Gasteiger partial charge in [0.2, 0.25) is 11.8 Å². The molecule has 0 fully saturated rings. The lowest BCUT2D eigenvalue weighted by Gasteiger charge is -2.07. The first-order chi connectivity index (χ1) is 12.3. The van der Waals surface area contributed by atoms with E-state index >= 15 is 0 Å². The van der Waals surface area contributed by atoms with Gasteiger partial charge in [-0.2, -0.15) is 0 Å². The van der Waals surface area contributed by atoms with Crippen LogP contribution in [0.25, 0.3) is 0 Å². The topological polar surface area (TPSA) is 100 Å². The molecular weight excluding hydrogens is 361 g/mol. The Labute approximate surface area is 153 Å². The average molecular weight is 379 g/mol. The molecule has 0 saturated heterocycles. The molecule has 0 bridgehead atoms. The number of carbonyl (C=O) groups is 3. The summed E-state index contributed by atoms with van der Waals surface area (Å²) in [7, 11) is 0. The van der Waals surface area contributed by atoms with Crippen LogP contribution in [0.3, 0.4) is 0 Å². The van der Waals surface area contributed by atoms with Crippen molar-refractivity contribution in [1.29, 1.82) is 0 Å². The Morgan fingerprint density at radius 2 is 1.69 bits per heavy atom. The van der Waals surface area contributed by atoms with E-state index in [-0.39, 0.29) is 17.4 Å². The number of hydrogen-bond donors (Lipinski definition) is 3. The second kappa shape index (κ2) is 9.04. The smallest absolute Gasteiger partial charge is 0.273 e. The van der Waals surface area contributed by atoms with Gasteiger partial charge in [-0.15, -0.1) is 11.8 Å². The molecule has 1 aromatic heterocycles. The first kappa shape index (κ1) is 19.5. The fraction of sp³-hybridized carbons (Fsp3) is 0.235. The van der Waals surface area contributed by atoms with Gasteiger partial charge in [-0.3, -0.25) is 25.2 Å². The van der Waals surface area contributed by atoms with Crippen LogP contribution in [-0.4, -0.2) is 29.2 Å². The summed E-state index contributed by atoms with van der Waals surface area (Å²) in [5.74, 6) is -0.551. The number of carbonyl (C=O) groups excluding carboxylic acids is 3. The van der Waals surface area contributed by atoms with Gasteiger partial charge in [-0.1, -0.05) is 0 Å². The van der Waals surface area contributed by atoms with Crippen molar-refractivity contribution in [3.8, 4) is 0 Å². The summed E-state index contributed by atoms with van der Waals surface area (Å²) in [6.45, 7) is 3.37. The molecule has 0 aliphatic carbocycles. The SMILES string of the molecule is Cc1cc(C(=O)NNC(=O)CSCC(=O)Nc2ccc(F)cc2)c(C)o1. The molecule has 1 heterocycles. The number of benzene rings is 1. The van der Waals surface area contributed by atoms with E-state index < -0.39 is 17.6 Å². The van der Waals surface area contributed by atoms with Crippen molar-refractivity contribution in [2.45, 2.75) is 13.8 Å². The highest BCUT2D eigenvalue weighted by molar-refractivity contribution is 8.00. The summed E-state index contributed by atoms with van der Waals surface area (Å²) in [4.78, 5) is 35.3.